The highest BCUT2D eigenvalue weighted by atomic mass is 16.1. The molecule has 0 aliphatic rings. The third kappa shape index (κ3) is 2.77. The van der Waals surface area contributed by atoms with Crippen LogP contribution < -0.4 is 11.1 Å². The topological polar surface area (TPSA) is 91.5 Å². The molecule has 114 valence electrons. The molecule has 6 nitrogen and oxygen atoms in total. The van der Waals surface area contributed by atoms with Gasteiger partial charge in [0.2, 0.25) is 0 Å². The minimum Gasteiger partial charge on any atom is -0.321 e. The summed E-state index contributed by atoms with van der Waals surface area (Å²) in [5, 5.41) is 9.27. The van der Waals surface area contributed by atoms with Gasteiger partial charge in [-0.25, -0.2) is 0 Å². The van der Waals surface area contributed by atoms with Crippen molar-refractivity contribution < 1.29 is 0 Å². The van der Waals surface area contributed by atoms with Crippen molar-refractivity contribution in [2.45, 2.75) is 19.9 Å². The van der Waals surface area contributed by atoms with E-state index in [4.69, 9.17) is 5.26 Å². The van der Waals surface area contributed by atoms with Crippen LogP contribution in [0.2, 0.25) is 0 Å². The van der Waals surface area contributed by atoms with Crippen LogP contribution in [0.4, 0.5) is 0 Å². The first-order chi connectivity index (χ1) is 11.1. The molecule has 6 heteroatoms. The third-order valence-corrected chi connectivity index (χ3v) is 3.81. The summed E-state index contributed by atoms with van der Waals surface area (Å²) >= 11 is 0. The highest BCUT2D eigenvalue weighted by Crippen LogP contribution is 2.08. The van der Waals surface area contributed by atoms with Crippen molar-refractivity contribution in [3.05, 3.63) is 74.2 Å². The average molecular weight is 306 g/mol. The van der Waals surface area contributed by atoms with E-state index in [1.807, 2.05) is 19.1 Å². The maximum absolute atomic E-state index is 12.5. The number of rotatable bonds is 3. The fourth-order valence-electron chi connectivity index (χ4n) is 2.51. The lowest BCUT2D eigenvalue weighted by Crippen LogP contribution is -2.23. The van der Waals surface area contributed by atoms with Crippen LogP contribution in [0.25, 0.3) is 10.9 Å². The number of hydrogen-bond donors (Lipinski definition) is 1. The van der Waals surface area contributed by atoms with Gasteiger partial charge in [0.1, 0.15) is 11.6 Å². The Morgan fingerprint density at radius 3 is 2.91 bits per heavy atom. The van der Waals surface area contributed by atoms with Crippen LogP contribution in [0.15, 0.2) is 46.2 Å². The number of nitrogens with one attached hydrogen (secondary N) is 1. The summed E-state index contributed by atoms with van der Waals surface area (Å²) in [5.41, 5.74) is 1.68. The zero-order chi connectivity index (χ0) is 16.4. The number of nitrogens with zero attached hydrogens (tertiary/aromatic N) is 3. The summed E-state index contributed by atoms with van der Waals surface area (Å²) < 4.78 is 1.57. The Morgan fingerprint density at radius 1 is 1.35 bits per heavy atom. The molecule has 0 amide bonds. The Bertz CT molecular complexity index is 1040. The van der Waals surface area contributed by atoms with Crippen LogP contribution in [0.3, 0.4) is 0 Å². The predicted octanol–water partition coefficient (Wildman–Crippen LogP) is 1.51. The Balaban J connectivity index is 2.00. The van der Waals surface area contributed by atoms with E-state index >= 15 is 0 Å². The van der Waals surface area contributed by atoms with Crippen LogP contribution in [0.1, 0.15) is 16.8 Å². The van der Waals surface area contributed by atoms with Crippen molar-refractivity contribution in [1.82, 2.24) is 14.5 Å². The molecule has 0 bridgehead atoms. The number of H-pyrrole nitrogens is 1. The van der Waals surface area contributed by atoms with E-state index in [1.165, 1.54) is 6.07 Å². The SMILES string of the molecule is Cc1cccnc1CCn1ccc2[nH]c(=O)c(C#N)cc2c1=O. The molecule has 3 heterocycles. The standard InChI is InChI=1S/C17H14N4O2/c1-11-3-2-6-19-14(11)4-7-21-8-5-15-13(17(21)23)9-12(10-18)16(22)20-15/h2-3,5-6,8-9H,4,7H2,1H3,(H,20,22). The van der Waals surface area contributed by atoms with Gasteiger partial charge < -0.3 is 9.55 Å². The first kappa shape index (κ1) is 14.7. The summed E-state index contributed by atoms with van der Waals surface area (Å²) in [5.74, 6) is 0. The number of fused-ring (bicyclic) bond motifs is 1. The van der Waals surface area contributed by atoms with Crippen molar-refractivity contribution >= 4 is 10.9 Å². The molecule has 3 aromatic heterocycles. The van der Waals surface area contributed by atoms with E-state index in [9.17, 15) is 9.59 Å². The third-order valence-electron chi connectivity index (χ3n) is 3.81. The summed E-state index contributed by atoms with van der Waals surface area (Å²) in [6.07, 6.45) is 4.01. The molecule has 0 spiro atoms. The largest absolute Gasteiger partial charge is 0.321 e. The van der Waals surface area contributed by atoms with Crippen molar-refractivity contribution in [3.63, 3.8) is 0 Å². The summed E-state index contributed by atoms with van der Waals surface area (Å²) in [6.45, 7) is 2.46. The number of aromatic amines is 1. The van der Waals surface area contributed by atoms with Gasteiger partial charge in [-0.1, -0.05) is 6.07 Å². The molecule has 0 saturated heterocycles. The van der Waals surface area contributed by atoms with Crippen molar-refractivity contribution in [2.24, 2.45) is 0 Å². The Hall–Kier alpha value is -3.20. The van der Waals surface area contributed by atoms with Gasteiger partial charge in [-0.3, -0.25) is 14.6 Å². The van der Waals surface area contributed by atoms with E-state index in [1.54, 1.807) is 29.1 Å². The molecular weight excluding hydrogens is 292 g/mol. The van der Waals surface area contributed by atoms with Gasteiger partial charge in [-0.05, 0) is 30.7 Å². The molecule has 0 unspecified atom stereocenters. The first-order valence-electron chi connectivity index (χ1n) is 7.17. The zero-order valence-electron chi connectivity index (χ0n) is 12.5. The summed E-state index contributed by atoms with van der Waals surface area (Å²) in [4.78, 5) is 31.0. The van der Waals surface area contributed by atoms with E-state index in [2.05, 4.69) is 9.97 Å². The maximum Gasteiger partial charge on any atom is 0.266 e. The summed E-state index contributed by atoms with van der Waals surface area (Å²) in [7, 11) is 0. The zero-order valence-corrected chi connectivity index (χ0v) is 12.5. The van der Waals surface area contributed by atoms with E-state index in [0.29, 0.717) is 23.9 Å². The van der Waals surface area contributed by atoms with Crippen LogP contribution in [-0.4, -0.2) is 14.5 Å². The van der Waals surface area contributed by atoms with Gasteiger partial charge in [0.15, 0.2) is 0 Å². The Labute approximate surface area is 131 Å². The van der Waals surface area contributed by atoms with Crippen molar-refractivity contribution in [3.8, 4) is 6.07 Å². The van der Waals surface area contributed by atoms with Gasteiger partial charge in [-0.2, -0.15) is 5.26 Å². The monoisotopic (exact) mass is 306 g/mol. The second-order valence-electron chi connectivity index (χ2n) is 5.28. The highest BCUT2D eigenvalue weighted by molar-refractivity contribution is 5.78. The Kier molecular flexibility index (Phi) is 3.77. The molecule has 0 fully saturated rings. The van der Waals surface area contributed by atoms with E-state index in [0.717, 1.165) is 11.3 Å². The predicted molar refractivity (Wildman–Crippen MR) is 86.2 cm³/mol. The Morgan fingerprint density at radius 2 is 2.17 bits per heavy atom. The molecule has 0 radical (unpaired) electrons. The molecule has 3 rings (SSSR count). The maximum atomic E-state index is 12.5. The minimum absolute atomic E-state index is 0.0621. The molecule has 3 aromatic rings. The molecule has 23 heavy (non-hydrogen) atoms. The van der Waals surface area contributed by atoms with Gasteiger partial charge in [0, 0.05) is 31.1 Å². The molecule has 0 atom stereocenters. The number of hydrogen-bond acceptors (Lipinski definition) is 4. The second-order valence-corrected chi connectivity index (χ2v) is 5.28. The average Bonchev–Trinajstić information content (AvgIpc) is 2.55. The van der Waals surface area contributed by atoms with Gasteiger partial charge >= 0.3 is 0 Å². The highest BCUT2D eigenvalue weighted by Gasteiger charge is 2.08. The minimum atomic E-state index is -0.485. The molecule has 1 N–H and O–H groups in total. The van der Waals surface area contributed by atoms with Crippen molar-refractivity contribution in [2.75, 3.05) is 0 Å². The fraction of sp³-hybridized carbons (Fsp3) is 0.176. The molecule has 0 saturated carbocycles. The number of nitriles is 1. The van der Waals surface area contributed by atoms with Gasteiger partial charge in [0.05, 0.1) is 10.9 Å². The number of pyridine rings is 3. The summed E-state index contributed by atoms with van der Waals surface area (Å²) in [6, 6.07) is 8.67. The quantitative estimate of drug-likeness (QED) is 0.794. The van der Waals surface area contributed by atoms with E-state index < -0.39 is 5.56 Å². The van der Waals surface area contributed by atoms with Crippen LogP contribution in [-0.2, 0) is 13.0 Å². The lowest BCUT2D eigenvalue weighted by Gasteiger charge is -2.08. The molecule has 0 aliphatic heterocycles. The van der Waals surface area contributed by atoms with Crippen LogP contribution in [0, 0.1) is 18.3 Å². The smallest absolute Gasteiger partial charge is 0.266 e. The lowest BCUT2D eigenvalue weighted by atomic mass is 10.1. The van der Waals surface area contributed by atoms with Crippen LogP contribution in [0.5, 0.6) is 0 Å². The lowest BCUT2D eigenvalue weighted by molar-refractivity contribution is 0.663. The fourth-order valence-corrected chi connectivity index (χ4v) is 2.51. The molecule has 0 aliphatic carbocycles. The van der Waals surface area contributed by atoms with Gasteiger partial charge in [0.25, 0.3) is 11.1 Å². The van der Waals surface area contributed by atoms with E-state index in [-0.39, 0.29) is 11.1 Å². The van der Waals surface area contributed by atoms with Crippen molar-refractivity contribution in [1.29, 1.82) is 5.26 Å². The normalized spacial score (nSPS) is 10.6. The number of aromatic nitrogens is 3. The van der Waals surface area contributed by atoms with Crippen LogP contribution >= 0.6 is 0 Å². The molecule has 0 aromatic carbocycles. The second kappa shape index (κ2) is 5.89. The first-order valence-corrected chi connectivity index (χ1v) is 7.17. The number of aryl methyl sites for hydroxylation is 3. The molecular formula is C17H14N4O2. The van der Waals surface area contributed by atoms with Gasteiger partial charge in [-0.15, -0.1) is 0 Å².